The fourth-order valence-electron chi connectivity index (χ4n) is 4.33. The topological polar surface area (TPSA) is 157 Å². The van der Waals surface area contributed by atoms with Crippen LogP contribution in [0, 0.1) is 0 Å². The highest BCUT2D eigenvalue weighted by Gasteiger charge is 2.39. The van der Waals surface area contributed by atoms with Crippen LogP contribution in [0.15, 0.2) is 76.6 Å². The van der Waals surface area contributed by atoms with E-state index in [1.54, 1.807) is 28.8 Å². The van der Waals surface area contributed by atoms with Crippen molar-refractivity contribution >= 4 is 61.2 Å². The fraction of sp³-hybridized carbons (Fsp3) is 0.290. The lowest BCUT2D eigenvalue weighted by atomic mass is 10.2. The first-order valence-electron chi connectivity index (χ1n) is 14.5. The molecule has 4 aromatic heterocycles. The van der Waals surface area contributed by atoms with E-state index in [9.17, 15) is 34.8 Å². The number of H-pyrrole nitrogens is 1. The first-order valence-corrected chi connectivity index (χ1v) is 17.7. The highest BCUT2D eigenvalue weighted by atomic mass is 32.2. The highest BCUT2D eigenvalue weighted by molar-refractivity contribution is 7.94. The van der Waals surface area contributed by atoms with Crippen molar-refractivity contribution in [3.8, 4) is 10.7 Å². The van der Waals surface area contributed by atoms with Gasteiger partial charge in [-0.3, -0.25) is 9.29 Å². The van der Waals surface area contributed by atoms with Gasteiger partial charge in [-0.1, -0.05) is 24.3 Å². The van der Waals surface area contributed by atoms with Crippen LogP contribution in [0.5, 0.6) is 0 Å². The maximum absolute atomic E-state index is 13.5. The van der Waals surface area contributed by atoms with Crippen LogP contribution in [0.1, 0.15) is 24.4 Å². The standard InChI is InChI=1S/C27H29N5O2S3.2C2HF3O2/c1-19(2)32(37(33,34)25-11-7-15-35-25)24-10-6-8-20-16-23(30-26(20)24)27-29-17-22(36-27)18-31(3)14-12-21-9-4-5-13-28-21;2*3-2(4,5)1(6)7/h4-11,13,15-17,19,30H,12,14,18H2,1-3H3;2*(H,6,7). The zero-order valence-corrected chi connectivity index (χ0v) is 29.4. The lowest BCUT2D eigenvalue weighted by Gasteiger charge is -2.28. The highest BCUT2D eigenvalue weighted by Crippen LogP contribution is 2.36. The number of likely N-dealkylation sites (N-methyl/N-ethyl adjacent to an activating group) is 1. The number of para-hydroxylation sites is 1. The molecule has 5 rings (SSSR count). The number of aromatic amines is 1. The largest absolute Gasteiger partial charge is 0.490 e. The fourth-order valence-corrected chi connectivity index (χ4v) is 8.05. The number of pyridine rings is 1. The van der Waals surface area contributed by atoms with Gasteiger partial charge in [-0.05, 0) is 56.6 Å². The number of rotatable bonds is 10. The second kappa shape index (κ2) is 17.1. The SMILES string of the molecule is CC(C)N(c1cccc2cc(-c3ncc(CN(C)CCc4ccccn4)s3)[nH]c12)S(=O)(=O)c1cccs1.O=C(O)C(F)(F)F.O=C(O)C(F)(F)F. The molecule has 0 aliphatic heterocycles. The number of benzene rings is 1. The van der Waals surface area contributed by atoms with Crippen molar-refractivity contribution in [3.63, 3.8) is 0 Å². The van der Waals surface area contributed by atoms with Crippen LogP contribution in [0.3, 0.4) is 0 Å². The van der Waals surface area contributed by atoms with Gasteiger partial charge in [0.25, 0.3) is 10.0 Å². The van der Waals surface area contributed by atoms with Crippen LogP contribution in [0.2, 0.25) is 0 Å². The minimum Gasteiger partial charge on any atom is -0.475 e. The molecule has 3 N–H and O–H groups in total. The third-order valence-corrected chi connectivity index (χ3v) is 10.9. The predicted octanol–water partition coefficient (Wildman–Crippen LogP) is 7.29. The molecule has 0 amide bonds. The smallest absolute Gasteiger partial charge is 0.475 e. The zero-order chi connectivity index (χ0) is 38.1. The molecule has 0 fully saturated rings. The molecular formula is C31H31F6N5O6S3. The summed E-state index contributed by atoms with van der Waals surface area (Å²) in [5.41, 5.74) is 3.39. The Morgan fingerprint density at radius 3 is 2.12 bits per heavy atom. The van der Waals surface area contributed by atoms with E-state index < -0.39 is 34.3 Å². The van der Waals surface area contributed by atoms with Crippen LogP contribution in [0.25, 0.3) is 21.6 Å². The summed E-state index contributed by atoms with van der Waals surface area (Å²) in [5.74, 6) is -5.51. The molecule has 276 valence electrons. The molecule has 0 aliphatic rings. The van der Waals surface area contributed by atoms with E-state index in [0.717, 1.165) is 46.8 Å². The van der Waals surface area contributed by atoms with Crippen molar-refractivity contribution in [1.29, 1.82) is 0 Å². The van der Waals surface area contributed by atoms with Crippen LogP contribution < -0.4 is 4.31 Å². The third kappa shape index (κ3) is 11.5. The number of hydrogen-bond acceptors (Lipinski definition) is 9. The number of aliphatic carboxylic acids is 2. The average Bonchev–Trinajstić information content (AvgIpc) is 3.82. The Labute approximate surface area is 295 Å². The molecule has 0 unspecified atom stereocenters. The van der Waals surface area contributed by atoms with Crippen LogP contribution in [-0.4, -0.2) is 82.4 Å². The average molecular weight is 780 g/mol. The van der Waals surface area contributed by atoms with Gasteiger partial charge in [-0.15, -0.1) is 22.7 Å². The van der Waals surface area contributed by atoms with Crippen molar-refractivity contribution in [1.82, 2.24) is 19.9 Å². The number of carboxylic acids is 2. The Hall–Kier alpha value is -4.53. The molecule has 0 aliphatic carbocycles. The molecule has 20 heteroatoms. The second-order valence-corrected chi connectivity index (χ2v) is 14.9. The molecule has 0 saturated heterocycles. The maximum Gasteiger partial charge on any atom is 0.490 e. The molecule has 51 heavy (non-hydrogen) atoms. The minimum atomic E-state index is -5.08. The molecule has 0 atom stereocenters. The molecular weight excluding hydrogens is 749 g/mol. The number of carboxylic acid groups (broad SMARTS) is 2. The van der Waals surface area contributed by atoms with Crippen LogP contribution >= 0.6 is 22.7 Å². The number of aromatic nitrogens is 3. The first-order chi connectivity index (χ1) is 23.7. The molecule has 0 bridgehead atoms. The van der Waals surface area contributed by atoms with Crippen molar-refractivity contribution in [2.24, 2.45) is 0 Å². The molecule has 1 aromatic carbocycles. The summed E-state index contributed by atoms with van der Waals surface area (Å²) >= 11 is 2.88. The molecule has 0 saturated carbocycles. The van der Waals surface area contributed by atoms with Gasteiger partial charge in [0.2, 0.25) is 0 Å². The normalized spacial score (nSPS) is 11.9. The Kier molecular flexibility index (Phi) is 13.7. The van der Waals surface area contributed by atoms with Gasteiger partial charge in [-0.25, -0.2) is 23.0 Å². The van der Waals surface area contributed by atoms with E-state index >= 15 is 0 Å². The number of alkyl halides is 6. The Morgan fingerprint density at radius 1 is 0.941 bits per heavy atom. The van der Waals surface area contributed by atoms with Crippen molar-refractivity contribution in [2.75, 3.05) is 17.9 Å². The summed E-state index contributed by atoms with van der Waals surface area (Å²) < 4.78 is 92.3. The Bertz CT molecular complexity index is 1970. The number of fused-ring (bicyclic) bond motifs is 1. The van der Waals surface area contributed by atoms with E-state index in [2.05, 4.69) is 33.0 Å². The van der Waals surface area contributed by atoms with Gasteiger partial charge < -0.3 is 20.1 Å². The number of anilines is 1. The van der Waals surface area contributed by atoms with Crippen molar-refractivity contribution in [2.45, 2.75) is 49.4 Å². The number of sulfonamides is 1. The van der Waals surface area contributed by atoms with Crippen molar-refractivity contribution < 1.29 is 54.6 Å². The van der Waals surface area contributed by atoms with E-state index in [1.807, 2.05) is 62.6 Å². The van der Waals surface area contributed by atoms with Crippen molar-refractivity contribution in [3.05, 3.63) is 82.9 Å². The Balaban J connectivity index is 0.000000424. The van der Waals surface area contributed by atoms with Gasteiger partial charge in [-0.2, -0.15) is 26.3 Å². The van der Waals surface area contributed by atoms with E-state index in [-0.39, 0.29) is 6.04 Å². The molecule has 0 radical (unpaired) electrons. The van der Waals surface area contributed by atoms with Gasteiger partial charge in [0, 0.05) is 53.9 Å². The summed E-state index contributed by atoms with van der Waals surface area (Å²) in [6.45, 7) is 5.50. The number of carbonyl (C=O) groups is 2. The Morgan fingerprint density at radius 2 is 1.59 bits per heavy atom. The summed E-state index contributed by atoms with van der Waals surface area (Å²) in [6.07, 6.45) is -5.52. The lowest BCUT2D eigenvalue weighted by Crippen LogP contribution is -2.36. The first kappa shape index (κ1) is 40.9. The van der Waals surface area contributed by atoms with Gasteiger partial charge in [0.1, 0.15) is 9.22 Å². The summed E-state index contributed by atoms with van der Waals surface area (Å²) in [6, 6.07) is 17.0. The predicted molar refractivity (Wildman–Crippen MR) is 180 cm³/mol. The van der Waals surface area contributed by atoms with E-state index in [1.165, 1.54) is 20.5 Å². The third-order valence-electron chi connectivity index (χ3n) is 6.52. The van der Waals surface area contributed by atoms with Crippen LogP contribution in [0.4, 0.5) is 32.0 Å². The molecule has 4 heterocycles. The quantitative estimate of drug-likeness (QED) is 0.124. The minimum absolute atomic E-state index is 0.252. The monoisotopic (exact) mass is 779 g/mol. The summed E-state index contributed by atoms with van der Waals surface area (Å²) in [5, 5.41) is 17.9. The molecule has 0 spiro atoms. The number of nitrogens with one attached hydrogen (secondary N) is 1. The van der Waals surface area contributed by atoms with Crippen LogP contribution in [-0.2, 0) is 32.6 Å². The number of halogens is 6. The van der Waals surface area contributed by atoms with Gasteiger partial charge in [0.15, 0.2) is 0 Å². The summed E-state index contributed by atoms with van der Waals surface area (Å²) in [7, 11) is -1.58. The summed E-state index contributed by atoms with van der Waals surface area (Å²) in [4.78, 5) is 33.8. The number of thiophene rings is 1. The molecule has 5 aromatic rings. The maximum atomic E-state index is 13.5. The van der Waals surface area contributed by atoms with Gasteiger partial charge in [0.05, 0.1) is 16.9 Å². The lowest BCUT2D eigenvalue weighted by molar-refractivity contribution is -0.193. The second-order valence-electron chi connectivity index (χ2n) is 10.8. The van der Waals surface area contributed by atoms with E-state index in [4.69, 9.17) is 19.8 Å². The zero-order valence-electron chi connectivity index (χ0n) is 26.9. The van der Waals surface area contributed by atoms with Gasteiger partial charge >= 0.3 is 24.3 Å². The number of hydrogen-bond donors (Lipinski definition) is 3. The van der Waals surface area contributed by atoms with E-state index in [0.29, 0.717) is 9.90 Å². The molecule has 11 nitrogen and oxygen atoms in total. The number of nitrogens with zero attached hydrogens (tertiary/aromatic N) is 4. The number of thiazole rings is 1.